The summed E-state index contributed by atoms with van der Waals surface area (Å²) in [6.07, 6.45) is 55.8. The van der Waals surface area contributed by atoms with Crippen LogP contribution in [0.5, 0.6) is 11.5 Å². The van der Waals surface area contributed by atoms with Crippen LogP contribution in [0.3, 0.4) is 0 Å². The molecule has 2 aromatic heterocycles. The van der Waals surface area contributed by atoms with Gasteiger partial charge in [0.15, 0.2) is 0 Å². The van der Waals surface area contributed by atoms with Crippen molar-refractivity contribution >= 4 is 33.6 Å². The van der Waals surface area contributed by atoms with Gasteiger partial charge in [0.2, 0.25) is 11.8 Å². The normalized spacial score (nSPS) is 11.3. The van der Waals surface area contributed by atoms with Crippen molar-refractivity contribution < 1.29 is 19.8 Å². The topological polar surface area (TPSA) is 130 Å². The van der Waals surface area contributed by atoms with Crippen molar-refractivity contribution in [1.29, 1.82) is 0 Å². The Bertz CT molecular complexity index is 1860. The number of hydrogen-bond donors (Lipinski definition) is 6. The van der Waals surface area contributed by atoms with E-state index >= 15 is 0 Å². The third kappa shape index (κ3) is 30.1. The van der Waals surface area contributed by atoms with Crippen molar-refractivity contribution in [3.8, 4) is 11.5 Å². The summed E-state index contributed by atoms with van der Waals surface area (Å²) in [5.41, 5.74) is 4.29. The average Bonchev–Trinajstić information content (AvgIpc) is 3.96. The van der Waals surface area contributed by atoms with E-state index in [1.54, 1.807) is 24.3 Å². The first-order valence-corrected chi connectivity index (χ1v) is 29.5. The van der Waals surface area contributed by atoms with Gasteiger partial charge in [0, 0.05) is 60.1 Å². The quantitative estimate of drug-likeness (QED) is 0.0247. The van der Waals surface area contributed by atoms with E-state index in [1.165, 1.54) is 205 Å². The Kier molecular flexibility index (Phi) is 35.9. The molecule has 0 radical (unpaired) electrons. The van der Waals surface area contributed by atoms with Crippen molar-refractivity contribution in [3.05, 3.63) is 59.9 Å². The molecule has 4 rings (SSSR count). The molecule has 0 aliphatic rings. The van der Waals surface area contributed by atoms with Crippen molar-refractivity contribution in [2.45, 2.75) is 271 Å². The van der Waals surface area contributed by atoms with Gasteiger partial charge in [-0.15, -0.1) is 0 Å². The van der Waals surface area contributed by atoms with E-state index in [0.29, 0.717) is 25.9 Å². The van der Waals surface area contributed by atoms with Crippen LogP contribution in [0.25, 0.3) is 21.8 Å². The molecule has 6 N–H and O–H groups in total. The van der Waals surface area contributed by atoms with Crippen molar-refractivity contribution in [1.82, 2.24) is 20.6 Å². The molecule has 2 amide bonds. The molecule has 0 aliphatic heterocycles. The summed E-state index contributed by atoms with van der Waals surface area (Å²) in [7, 11) is 0. The molecule has 0 bridgehead atoms. The zero-order valence-corrected chi connectivity index (χ0v) is 45.0. The van der Waals surface area contributed by atoms with Crippen LogP contribution in [0.2, 0.25) is 0 Å². The molecule has 0 unspecified atom stereocenters. The molecule has 0 spiro atoms. The monoisotopic (exact) mass is 969 g/mol. The second kappa shape index (κ2) is 41.7. The lowest BCUT2D eigenvalue weighted by Gasteiger charge is -2.06. The number of H-pyrrole nitrogens is 2. The molecular formula is C62H104N4O4. The number of benzene rings is 2. The van der Waals surface area contributed by atoms with E-state index in [2.05, 4.69) is 34.4 Å². The number of nitrogens with one attached hydrogen (secondary N) is 4. The second-order valence-electron chi connectivity index (χ2n) is 20.8. The molecule has 396 valence electrons. The minimum atomic E-state index is 0.156. The molecule has 0 saturated heterocycles. The SMILES string of the molecule is CCCCCCCCCCCCCCCCCCCC(=O)NCCc1c[nH]c2ccc(O)cc12.CCCCCCCCCCCCCCCCCCCCCC(=O)NCCc1c[nH]c2ccc(O)cc12. The number of aromatic nitrogens is 2. The van der Waals surface area contributed by atoms with Gasteiger partial charge >= 0.3 is 0 Å². The standard InChI is InChI=1S/C32H54N2O2.C30H50N2O2/c1-2-3-4-5-6-7-8-9-10-11-12-13-14-15-16-17-18-19-20-21-32(36)33-25-24-28-27-34-31-23-22-29(35)26-30(28)31;1-2-3-4-5-6-7-8-9-10-11-12-13-14-15-16-17-18-19-30(34)31-23-22-26-25-32-29-21-20-27(33)24-28(26)29/h22-23,26-27,34-35H,2-21,24-25H2,1H3,(H,33,36);20-21,24-25,32-33H,2-19,22-23H2,1H3,(H,31,34). The minimum absolute atomic E-state index is 0.156. The van der Waals surface area contributed by atoms with E-state index in [9.17, 15) is 19.8 Å². The number of carbonyl (C=O) groups is 2. The number of phenols is 2. The first kappa shape index (κ1) is 60.4. The van der Waals surface area contributed by atoms with E-state index in [4.69, 9.17) is 0 Å². The summed E-state index contributed by atoms with van der Waals surface area (Å²) in [5, 5.41) is 27.5. The molecule has 8 heteroatoms. The van der Waals surface area contributed by atoms with Crippen molar-refractivity contribution in [3.63, 3.8) is 0 Å². The van der Waals surface area contributed by atoms with Crippen LogP contribution >= 0.6 is 0 Å². The van der Waals surface area contributed by atoms with Gasteiger partial charge in [-0.25, -0.2) is 0 Å². The van der Waals surface area contributed by atoms with Gasteiger partial charge < -0.3 is 30.8 Å². The largest absolute Gasteiger partial charge is 0.508 e. The van der Waals surface area contributed by atoms with Crippen molar-refractivity contribution in [2.24, 2.45) is 0 Å². The highest BCUT2D eigenvalue weighted by Gasteiger charge is 2.08. The van der Waals surface area contributed by atoms with Gasteiger partial charge in [0.1, 0.15) is 11.5 Å². The number of hydrogen-bond acceptors (Lipinski definition) is 4. The van der Waals surface area contributed by atoms with Crippen LogP contribution < -0.4 is 10.6 Å². The summed E-state index contributed by atoms with van der Waals surface area (Å²) in [6.45, 7) is 5.85. The zero-order valence-electron chi connectivity index (χ0n) is 45.0. The number of aromatic hydroxyl groups is 2. The van der Waals surface area contributed by atoms with Crippen LogP contribution in [-0.2, 0) is 22.4 Å². The predicted molar refractivity (Wildman–Crippen MR) is 300 cm³/mol. The lowest BCUT2D eigenvalue weighted by molar-refractivity contribution is -0.122. The zero-order chi connectivity index (χ0) is 50.0. The third-order valence-electron chi connectivity index (χ3n) is 14.4. The smallest absolute Gasteiger partial charge is 0.220 e. The molecule has 8 nitrogen and oxygen atoms in total. The van der Waals surface area contributed by atoms with E-state index in [0.717, 1.165) is 71.5 Å². The lowest BCUT2D eigenvalue weighted by Crippen LogP contribution is -2.25. The molecule has 70 heavy (non-hydrogen) atoms. The highest BCUT2D eigenvalue weighted by Crippen LogP contribution is 2.25. The molecule has 0 atom stereocenters. The summed E-state index contributed by atoms with van der Waals surface area (Å²) < 4.78 is 0. The van der Waals surface area contributed by atoms with Gasteiger partial charge in [0.05, 0.1) is 0 Å². The van der Waals surface area contributed by atoms with Crippen LogP contribution in [0.1, 0.15) is 269 Å². The molecule has 0 aliphatic carbocycles. The van der Waals surface area contributed by atoms with Gasteiger partial charge in [-0.1, -0.05) is 232 Å². The molecule has 0 saturated carbocycles. The maximum atomic E-state index is 12.1. The Labute approximate surface area is 427 Å². The first-order valence-electron chi connectivity index (χ1n) is 29.5. The Morgan fingerprint density at radius 1 is 0.386 bits per heavy atom. The average molecular weight is 970 g/mol. The highest BCUT2D eigenvalue weighted by molar-refractivity contribution is 5.85. The first-order chi connectivity index (χ1) is 34.4. The summed E-state index contributed by atoms with van der Waals surface area (Å²) in [6, 6.07) is 10.7. The molecule has 2 heterocycles. The number of amides is 2. The van der Waals surface area contributed by atoms with Crippen LogP contribution in [0.15, 0.2) is 48.8 Å². The van der Waals surface area contributed by atoms with Gasteiger partial charge in [-0.05, 0) is 73.2 Å². The Balaban J connectivity index is 0.000000371. The van der Waals surface area contributed by atoms with Crippen LogP contribution in [-0.4, -0.2) is 45.1 Å². The van der Waals surface area contributed by atoms with Gasteiger partial charge in [0.25, 0.3) is 0 Å². The fraction of sp³-hybridized carbons (Fsp3) is 0.710. The van der Waals surface area contributed by atoms with Gasteiger partial charge in [-0.2, -0.15) is 0 Å². The molecule has 2 aromatic carbocycles. The third-order valence-corrected chi connectivity index (χ3v) is 14.4. The fourth-order valence-electron chi connectivity index (χ4n) is 9.97. The fourth-order valence-corrected chi connectivity index (χ4v) is 9.97. The number of rotatable bonds is 44. The van der Waals surface area contributed by atoms with E-state index < -0.39 is 0 Å². The number of phenolic OH excluding ortho intramolecular Hbond substituents is 2. The predicted octanol–water partition coefficient (Wildman–Crippen LogP) is 17.9. The van der Waals surface area contributed by atoms with E-state index in [-0.39, 0.29) is 23.3 Å². The Morgan fingerprint density at radius 2 is 0.643 bits per heavy atom. The minimum Gasteiger partial charge on any atom is -0.508 e. The highest BCUT2D eigenvalue weighted by atomic mass is 16.3. The molecule has 0 fully saturated rings. The maximum Gasteiger partial charge on any atom is 0.220 e. The summed E-state index contributed by atoms with van der Waals surface area (Å²) in [5.74, 6) is 0.862. The Hall–Kier alpha value is -3.94. The molecular weight excluding hydrogens is 865 g/mol. The number of carbonyl (C=O) groups excluding carboxylic acids is 2. The Morgan fingerprint density at radius 3 is 0.914 bits per heavy atom. The maximum absolute atomic E-state index is 12.1. The second-order valence-corrected chi connectivity index (χ2v) is 20.8. The van der Waals surface area contributed by atoms with Gasteiger partial charge in [-0.3, -0.25) is 9.59 Å². The van der Waals surface area contributed by atoms with Crippen molar-refractivity contribution in [2.75, 3.05) is 13.1 Å². The number of fused-ring (bicyclic) bond motifs is 2. The lowest BCUT2D eigenvalue weighted by atomic mass is 10.0. The van der Waals surface area contributed by atoms with Crippen LogP contribution in [0, 0.1) is 0 Å². The van der Waals surface area contributed by atoms with E-state index in [1.807, 2.05) is 24.5 Å². The number of aromatic amines is 2. The summed E-state index contributed by atoms with van der Waals surface area (Å²) >= 11 is 0. The summed E-state index contributed by atoms with van der Waals surface area (Å²) in [4.78, 5) is 30.6. The van der Waals surface area contributed by atoms with Crippen LogP contribution in [0.4, 0.5) is 0 Å². The molecule has 4 aromatic rings. The number of unbranched alkanes of at least 4 members (excludes halogenated alkanes) is 34.